The van der Waals surface area contributed by atoms with E-state index in [-0.39, 0.29) is 0 Å². The highest BCUT2D eigenvalue weighted by Crippen LogP contribution is 2.20. The van der Waals surface area contributed by atoms with E-state index in [4.69, 9.17) is 5.73 Å². The second kappa shape index (κ2) is 6.88. The second-order valence-corrected chi connectivity index (χ2v) is 12.3. The lowest BCUT2D eigenvalue weighted by atomic mass is 9.94. The Morgan fingerprint density at radius 2 is 1.90 bits per heavy atom. The van der Waals surface area contributed by atoms with E-state index in [9.17, 15) is 0 Å². The SMILES string of the molecule is C[Si](C)(C)c1ccc(CN2CCCC(CCN)C2)cc1. The van der Waals surface area contributed by atoms with Crippen LogP contribution in [0.2, 0.25) is 19.6 Å². The summed E-state index contributed by atoms with van der Waals surface area (Å²) in [5.41, 5.74) is 7.16. The van der Waals surface area contributed by atoms with Gasteiger partial charge in [0.1, 0.15) is 0 Å². The molecule has 2 rings (SSSR count). The van der Waals surface area contributed by atoms with Crippen molar-refractivity contribution in [2.45, 2.75) is 45.4 Å². The highest BCUT2D eigenvalue weighted by atomic mass is 28.3. The molecule has 1 fully saturated rings. The molecule has 1 aliphatic rings. The molecule has 0 saturated carbocycles. The Kier molecular flexibility index (Phi) is 5.41. The number of rotatable bonds is 5. The Hall–Kier alpha value is -0.643. The summed E-state index contributed by atoms with van der Waals surface area (Å²) >= 11 is 0. The fourth-order valence-electron chi connectivity index (χ4n) is 3.13. The largest absolute Gasteiger partial charge is 0.330 e. The van der Waals surface area contributed by atoms with Gasteiger partial charge in [-0.05, 0) is 43.8 Å². The van der Waals surface area contributed by atoms with Gasteiger partial charge < -0.3 is 5.73 Å². The van der Waals surface area contributed by atoms with Crippen molar-refractivity contribution >= 4 is 13.3 Å². The molecule has 0 radical (unpaired) electrons. The molecule has 1 aromatic rings. The number of nitrogens with zero attached hydrogens (tertiary/aromatic N) is 1. The molecule has 3 heteroatoms. The molecule has 2 nitrogen and oxygen atoms in total. The van der Waals surface area contributed by atoms with E-state index in [0.29, 0.717) is 0 Å². The molecule has 20 heavy (non-hydrogen) atoms. The molecule has 1 saturated heterocycles. The van der Waals surface area contributed by atoms with E-state index in [1.165, 1.54) is 37.9 Å². The van der Waals surface area contributed by atoms with Crippen molar-refractivity contribution in [1.29, 1.82) is 0 Å². The smallest absolute Gasteiger partial charge is 0.0775 e. The van der Waals surface area contributed by atoms with Gasteiger partial charge in [-0.2, -0.15) is 0 Å². The molecule has 0 aliphatic carbocycles. The topological polar surface area (TPSA) is 29.3 Å². The van der Waals surface area contributed by atoms with Crippen LogP contribution in [0.15, 0.2) is 24.3 Å². The van der Waals surface area contributed by atoms with Crippen LogP contribution in [0.3, 0.4) is 0 Å². The maximum Gasteiger partial charge on any atom is 0.0775 e. The van der Waals surface area contributed by atoms with Crippen LogP contribution in [0.5, 0.6) is 0 Å². The minimum atomic E-state index is -1.16. The Morgan fingerprint density at radius 1 is 1.20 bits per heavy atom. The van der Waals surface area contributed by atoms with E-state index in [0.717, 1.165) is 19.0 Å². The average Bonchev–Trinajstić information content (AvgIpc) is 2.39. The van der Waals surface area contributed by atoms with Crippen LogP contribution in [0.25, 0.3) is 0 Å². The van der Waals surface area contributed by atoms with Crippen LogP contribution < -0.4 is 10.9 Å². The number of benzene rings is 1. The standard InChI is InChI=1S/C17H30N2Si/c1-20(2,3)17-8-6-16(7-9-17)14-19-12-4-5-15(13-19)10-11-18/h6-9,15H,4-5,10-14,18H2,1-3H3. The normalized spacial score (nSPS) is 21.1. The summed E-state index contributed by atoms with van der Waals surface area (Å²) in [6, 6.07) is 9.37. The van der Waals surface area contributed by atoms with Crippen LogP contribution in [-0.2, 0) is 6.54 Å². The molecule has 0 aromatic heterocycles. The monoisotopic (exact) mass is 290 g/mol. The average molecular weight is 291 g/mol. The quantitative estimate of drug-likeness (QED) is 0.845. The van der Waals surface area contributed by atoms with Gasteiger partial charge in [0.05, 0.1) is 8.07 Å². The van der Waals surface area contributed by atoms with Crippen molar-refractivity contribution in [2.75, 3.05) is 19.6 Å². The maximum absolute atomic E-state index is 5.70. The van der Waals surface area contributed by atoms with Crippen molar-refractivity contribution < 1.29 is 0 Å². The predicted octanol–water partition coefficient (Wildman–Crippen LogP) is 2.79. The molecule has 112 valence electrons. The number of piperidine rings is 1. The van der Waals surface area contributed by atoms with Crippen molar-refractivity contribution in [1.82, 2.24) is 4.90 Å². The first kappa shape index (κ1) is 15.7. The number of hydrogen-bond acceptors (Lipinski definition) is 2. The summed E-state index contributed by atoms with van der Waals surface area (Å²) in [6.45, 7) is 11.6. The third-order valence-corrected chi connectivity index (χ3v) is 6.47. The van der Waals surface area contributed by atoms with Gasteiger partial charge in [-0.25, -0.2) is 0 Å². The summed E-state index contributed by atoms with van der Waals surface area (Å²) in [6.07, 6.45) is 3.88. The van der Waals surface area contributed by atoms with Gasteiger partial charge in [0.15, 0.2) is 0 Å². The van der Waals surface area contributed by atoms with E-state index in [2.05, 4.69) is 48.8 Å². The lowest BCUT2D eigenvalue weighted by Crippen LogP contribution is -2.38. The first-order chi connectivity index (χ1) is 9.49. The highest BCUT2D eigenvalue weighted by Gasteiger charge is 2.20. The minimum absolute atomic E-state index is 0.815. The summed E-state index contributed by atoms with van der Waals surface area (Å²) in [5, 5.41) is 1.56. The van der Waals surface area contributed by atoms with Crippen molar-refractivity contribution in [3.63, 3.8) is 0 Å². The summed E-state index contributed by atoms with van der Waals surface area (Å²) in [5.74, 6) is 0.815. The predicted molar refractivity (Wildman–Crippen MR) is 91.1 cm³/mol. The van der Waals surface area contributed by atoms with Crippen LogP contribution in [0.1, 0.15) is 24.8 Å². The summed E-state index contributed by atoms with van der Waals surface area (Å²) < 4.78 is 0. The van der Waals surface area contributed by atoms with Gasteiger partial charge in [0.2, 0.25) is 0 Å². The van der Waals surface area contributed by atoms with E-state index in [1.807, 2.05) is 0 Å². The molecule has 1 aliphatic heterocycles. The third kappa shape index (κ3) is 4.44. The molecule has 0 amide bonds. The molecule has 1 heterocycles. The zero-order valence-electron chi connectivity index (χ0n) is 13.4. The van der Waals surface area contributed by atoms with Crippen LogP contribution in [-0.4, -0.2) is 32.6 Å². The van der Waals surface area contributed by atoms with Crippen LogP contribution in [0.4, 0.5) is 0 Å². The zero-order chi connectivity index (χ0) is 14.6. The third-order valence-electron chi connectivity index (χ3n) is 4.40. The zero-order valence-corrected chi connectivity index (χ0v) is 14.4. The Balaban J connectivity index is 1.93. The molecular formula is C17H30N2Si. The highest BCUT2D eigenvalue weighted by molar-refractivity contribution is 6.88. The lowest BCUT2D eigenvalue weighted by molar-refractivity contribution is 0.163. The fraction of sp³-hybridized carbons (Fsp3) is 0.647. The Labute approximate surface area is 125 Å². The molecule has 2 N–H and O–H groups in total. The van der Waals surface area contributed by atoms with E-state index < -0.39 is 8.07 Å². The van der Waals surface area contributed by atoms with Gasteiger partial charge in [-0.1, -0.05) is 49.1 Å². The minimum Gasteiger partial charge on any atom is -0.330 e. The maximum atomic E-state index is 5.70. The number of nitrogens with two attached hydrogens (primary N) is 1. The molecular weight excluding hydrogens is 260 g/mol. The fourth-order valence-corrected chi connectivity index (χ4v) is 4.30. The van der Waals surface area contributed by atoms with Gasteiger partial charge >= 0.3 is 0 Å². The van der Waals surface area contributed by atoms with E-state index >= 15 is 0 Å². The van der Waals surface area contributed by atoms with Crippen molar-refractivity contribution in [3.8, 4) is 0 Å². The molecule has 0 spiro atoms. The lowest BCUT2D eigenvalue weighted by Gasteiger charge is -2.32. The van der Waals surface area contributed by atoms with Gasteiger partial charge in [-0.3, -0.25) is 4.90 Å². The van der Waals surface area contributed by atoms with Gasteiger partial charge in [-0.15, -0.1) is 0 Å². The van der Waals surface area contributed by atoms with Crippen molar-refractivity contribution in [2.24, 2.45) is 11.7 Å². The number of hydrogen-bond donors (Lipinski definition) is 1. The van der Waals surface area contributed by atoms with Gasteiger partial charge in [0.25, 0.3) is 0 Å². The van der Waals surface area contributed by atoms with Crippen LogP contribution >= 0.6 is 0 Å². The Morgan fingerprint density at radius 3 is 2.50 bits per heavy atom. The first-order valence-electron chi connectivity index (χ1n) is 8.01. The molecule has 0 bridgehead atoms. The summed E-state index contributed by atoms with van der Waals surface area (Å²) in [7, 11) is -1.16. The van der Waals surface area contributed by atoms with Crippen LogP contribution in [0, 0.1) is 5.92 Å². The molecule has 1 atom stereocenters. The van der Waals surface area contributed by atoms with Gasteiger partial charge in [0, 0.05) is 13.1 Å². The molecule has 1 unspecified atom stereocenters. The summed E-state index contributed by atoms with van der Waals surface area (Å²) in [4.78, 5) is 2.60. The Bertz CT molecular complexity index is 406. The van der Waals surface area contributed by atoms with E-state index in [1.54, 1.807) is 5.19 Å². The number of likely N-dealkylation sites (tertiary alicyclic amines) is 1. The molecule has 1 aromatic carbocycles. The second-order valence-electron chi connectivity index (χ2n) is 7.27. The first-order valence-corrected chi connectivity index (χ1v) is 11.5. The van der Waals surface area contributed by atoms with Crippen molar-refractivity contribution in [3.05, 3.63) is 29.8 Å².